The first-order chi connectivity index (χ1) is 19.8. The van der Waals surface area contributed by atoms with Gasteiger partial charge in [-0.3, -0.25) is 0 Å². The van der Waals surface area contributed by atoms with Crippen molar-refractivity contribution in [1.29, 1.82) is 0 Å². The third-order valence-electron chi connectivity index (χ3n) is 8.01. The molecule has 2 atom stereocenters. The third-order valence-corrected chi connectivity index (χ3v) is 12.5. The van der Waals surface area contributed by atoms with Gasteiger partial charge in [-0.25, -0.2) is 0 Å². The average molecular weight is 720 g/mol. The first-order valence-corrected chi connectivity index (χ1v) is 22.8. The van der Waals surface area contributed by atoms with Crippen molar-refractivity contribution in [1.82, 2.24) is 0 Å². The molecule has 0 radical (unpaired) electrons. The summed E-state index contributed by atoms with van der Waals surface area (Å²) < 4.78 is 3.31. The van der Waals surface area contributed by atoms with E-state index >= 15 is 0 Å². The molecule has 244 valence electrons. The van der Waals surface area contributed by atoms with Crippen LogP contribution in [-0.2, 0) is 34.8 Å². The van der Waals surface area contributed by atoms with E-state index in [4.69, 9.17) is 0 Å². The summed E-state index contributed by atoms with van der Waals surface area (Å²) in [6, 6.07) is 0. The quantitative estimate of drug-likeness (QED) is 0.0458. The number of rotatable bonds is 28. The molecule has 0 bridgehead atoms. The molecule has 0 aromatic carbocycles. The molecule has 0 saturated carbocycles. The molecule has 41 heavy (non-hydrogen) atoms. The zero-order valence-electron chi connectivity index (χ0n) is 28.7. The minimum absolute atomic E-state index is 0.0736. The summed E-state index contributed by atoms with van der Waals surface area (Å²) in [7, 11) is 0. The van der Waals surface area contributed by atoms with E-state index in [9.17, 15) is 9.59 Å². The van der Waals surface area contributed by atoms with Crippen molar-refractivity contribution in [3.05, 3.63) is 0 Å². The van der Waals surface area contributed by atoms with Crippen LogP contribution in [0.5, 0.6) is 0 Å². The Balaban J connectivity index is -0.000000542. The molecule has 0 heterocycles. The van der Waals surface area contributed by atoms with E-state index in [1.807, 2.05) is 0 Å². The molecule has 0 spiro atoms. The number of carbonyl (C=O) groups excluding carboxylic acids is 2. The SMILES string of the molecule is CCCCC(CC)CCC(=O)[S-].CCCCC(CC)CCC(=O)[S-].CCCCCCC[CH2][Sn+2][CH2]CCCCCCC. The molecular formula is C36H72O2S2Sn. The van der Waals surface area contributed by atoms with Crippen molar-refractivity contribution in [3.63, 3.8) is 0 Å². The summed E-state index contributed by atoms with van der Waals surface area (Å²) in [6.07, 6.45) is 31.0. The second-order valence-electron chi connectivity index (χ2n) is 11.9. The fourth-order valence-corrected chi connectivity index (χ4v) is 8.72. The van der Waals surface area contributed by atoms with E-state index in [1.165, 1.54) is 116 Å². The molecule has 0 N–H and O–H groups in total. The number of carbonyl (C=O) groups is 2. The van der Waals surface area contributed by atoms with Crippen LogP contribution in [0.15, 0.2) is 0 Å². The van der Waals surface area contributed by atoms with Gasteiger partial charge in [0.1, 0.15) is 0 Å². The fraction of sp³-hybridized carbons (Fsp3) is 0.944. The molecule has 0 amide bonds. The van der Waals surface area contributed by atoms with Crippen molar-refractivity contribution < 1.29 is 9.59 Å². The first-order valence-electron chi connectivity index (χ1n) is 17.9. The Labute approximate surface area is 281 Å². The van der Waals surface area contributed by atoms with Crippen LogP contribution < -0.4 is 0 Å². The van der Waals surface area contributed by atoms with Gasteiger partial charge in [-0.2, -0.15) is 0 Å². The molecule has 0 aliphatic heterocycles. The molecule has 2 unspecified atom stereocenters. The van der Waals surface area contributed by atoms with Crippen LogP contribution in [0.3, 0.4) is 0 Å². The molecule has 0 saturated heterocycles. The summed E-state index contributed by atoms with van der Waals surface area (Å²) in [6.45, 7) is 13.4. The van der Waals surface area contributed by atoms with Gasteiger partial charge < -0.3 is 34.8 Å². The molecule has 0 aromatic rings. The Hall–Kier alpha value is 0.579. The molecule has 2 nitrogen and oxygen atoms in total. The van der Waals surface area contributed by atoms with Gasteiger partial charge >= 0.3 is 121 Å². The molecule has 0 aliphatic rings. The Morgan fingerprint density at radius 2 is 0.780 bits per heavy atom. The van der Waals surface area contributed by atoms with Gasteiger partial charge in [0, 0.05) is 10.2 Å². The predicted octanol–water partition coefficient (Wildman–Crippen LogP) is 12.4. The first kappa shape index (κ1) is 46.0. The van der Waals surface area contributed by atoms with Gasteiger partial charge in [0.15, 0.2) is 0 Å². The van der Waals surface area contributed by atoms with Crippen LogP contribution in [0.25, 0.3) is 0 Å². The summed E-state index contributed by atoms with van der Waals surface area (Å²) in [4.78, 5) is 21.1. The zero-order chi connectivity index (χ0) is 31.4. The van der Waals surface area contributed by atoms with E-state index in [0.717, 1.165) is 24.7 Å². The Morgan fingerprint density at radius 1 is 0.463 bits per heavy atom. The average Bonchev–Trinajstić information content (AvgIpc) is 2.96. The van der Waals surface area contributed by atoms with Crippen LogP contribution in [0, 0.1) is 11.8 Å². The van der Waals surface area contributed by atoms with Gasteiger partial charge in [0.05, 0.1) is 0 Å². The number of hydrogen-bond donors (Lipinski definition) is 0. The van der Waals surface area contributed by atoms with Crippen molar-refractivity contribution in [2.75, 3.05) is 0 Å². The van der Waals surface area contributed by atoms with Gasteiger partial charge in [-0.05, 0) is 37.5 Å². The summed E-state index contributed by atoms with van der Waals surface area (Å²) in [5, 5.41) is -0.158. The van der Waals surface area contributed by atoms with Gasteiger partial charge in [-0.1, -0.05) is 79.1 Å². The van der Waals surface area contributed by atoms with Gasteiger partial charge in [0.2, 0.25) is 0 Å². The Morgan fingerprint density at radius 3 is 1.07 bits per heavy atom. The normalized spacial score (nSPS) is 11.9. The van der Waals surface area contributed by atoms with Crippen LogP contribution in [-0.4, -0.2) is 31.4 Å². The van der Waals surface area contributed by atoms with E-state index in [0.29, 0.717) is 12.8 Å². The third kappa shape index (κ3) is 45.1. The Bertz CT molecular complexity index is 472. The summed E-state index contributed by atoms with van der Waals surface area (Å²) in [5.74, 6) is 1.44. The van der Waals surface area contributed by atoms with E-state index in [2.05, 4.69) is 66.8 Å². The maximum absolute atomic E-state index is 10.6. The molecule has 0 rings (SSSR count). The van der Waals surface area contributed by atoms with E-state index in [-0.39, 0.29) is 31.4 Å². The van der Waals surface area contributed by atoms with Gasteiger partial charge in [0.25, 0.3) is 0 Å². The monoisotopic (exact) mass is 720 g/mol. The van der Waals surface area contributed by atoms with Gasteiger partial charge in [-0.15, -0.1) is 0 Å². The molecule has 0 aromatic heterocycles. The maximum atomic E-state index is 10.6. The topological polar surface area (TPSA) is 34.1 Å². The minimum atomic E-state index is -0.0788. The standard InChI is InChI=1S/2C10H20OS.2C8H17.Sn/c2*1-3-5-6-9(4-2)7-8-10(11)12;2*1-3-5-7-8-6-4-2;/h2*9H,3-8H2,1-2H3,(H,11,12);2*1,3-8H2,2H3;/q;;;;+2/p-2. The molecular weight excluding hydrogens is 647 g/mol. The summed E-state index contributed by atoms with van der Waals surface area (Å²) >= 11 is 9.11. The van der Waals surface area contributed by atoms with Crippen LogP contribution >= 0.6 is 0 Å². The second-order valence-corrected chi connectivity index (χ2v) is 17.1. The van der Waals surface area contributed by atoms with E-state index < -0.39 is 0 Å². The van der Waals surface area contributed by atoms with E-state index in [1.54, 1.807) is 21.7 Å². The number of unbranched alkanes of at least 4 members (excludes halogenated alkanes) is 12. The van der Waals surface area contributed by atoms with Crippen molar-refractivity contribution in [2.24, 2.45) is 11.8 Å². The van der Waals surface area contributed by atoms with Crippen molar-refractivity contribution in [3.8, 4) is 0 Å². The Kier molecular flexibility index (Phi) is 45.5. The fourth-order valence-electron chi connectivity index (χ4n) is 4.92. The van der Waals surface area contributed by atoms with Crippen LogP contribution in [0.1, 0.15) is 196 Å². The van der Waals surface area contributed by atoms with Crippen LogP contribution in [0.4, 0.5) is 0 Å². The molecule has 0 fully saturated rings. The number of hydrogen-bond acceptors (Lipinski definition) is 4. The van der Waals surface area contributed by atoms with Crippen molar-refractivity contribution >= 4 is 56.6 Å². The molecule has 5 heteroatoms. The van der Waals surface area contributed by atoms with Crippen LogP contribution in [0.2, 0.25) is 8.87 Å². The zero-order valence-corrected chi connectivity index (χ0v) is 33.2. The van der Waals surface area contributed by atoms with Crippen molar-refractivity contribution in [2.45, 2.75) is 205 Å². The molecule has 0 aliphatic carbocycles. The summed E-state index contributed by atoms with van der Waals surface area (Å²) in [5.41, 5.74) is 0. The predicted molar refractivity (Wildman–Crippen MR) is 192 cm³/mol. The second kappa shape index (κ2) is 40.6.